The molecule has 1 N–H and O–H groups in total. The van der Waals surface area contributed by atoms with Crippen LogP contribution in [0, 0.1) is 0 Å². The van der Waals surface area contributed by atoms with E-state index in [0.717, 1.165) is 25.4 Å². The van der Waals surface area contributed by atoms with E-state index in [1.54, 1.807) is 0 Å². The van der Waals surface area contributed by atoms with Gasteiger partial charge in [0.15, 0.2) is 0 Å². The standard InChI is InChI=1S/C15H23NO2/c1-4-12-6-5-7-14(8-12)18-10-13-9-17-11-15(2,3)16-13/h5-8,13,16H,4,9-11H2,1-3H3. The first-order valence-electron chi connectivity index (χ1n) is 6.66. The zero-order valence-electron chi connectivity index (χ0n) is 11.5. The summed E-state index contributed by atoms with van der Waals surface area (Å²) in [5.74, 6) is 0.944. The fourth-order valence-corrected chi connectivity index (χ4v) is 2.23. The van der Waals surface area contributed by atoms with Crippen LogP contribution in [-0.4, -0.2) is 31.4 Å². The Morgan fingerprint density at radius 2 is 2.28 bits per heavy atom. The number of benzene rings is 1. The van der Waals surface area contributed by atoms with Crippen molar-refractivity contribution in [3.63, 3.8) is 0 Å². The lowest BCUT2D eigenvalue weighted by atomic mass is 10.0. The quantitative estimate of drug-likeness (QED) is 0.889. The molecule has 1 unspecified atom stereocenters. The highest BCUT2D eigenvalue weighted by Gasteiger charge is 2.27. The van der Waals surface area contributed by atoms with Crippen molar-refractivity contribution < 1.29 is 9.47 Å². The van der Waals surface area contributed by atoms with E-state index in [9.17, 15) is 0 Å². The van der Waals surface area contributed by atoms with Crippen LogP contribution in [0.3, 0.4) is 0 Å². The minimum atomic E-state index is 0.0392. The van der Waals surface area contributed by atoms with Crippen LogP contribution in [0.4, 0.5) is 0 Å². The highest BCUT2D eigenvalue weighted by atomic mass is 16.5. The average Bonchev–Trinajstić information content (AvgIpc) is 2.35. The number of aryl methyl sites for hydroxylation is 1. The van der Waals surface area contributed by atoms with Gasteiger partial charge in [-0.05, 0) is 38.0 Å². The molecule has 1 atom stereocenters. The van der Waals surface area contributed by atoms with Gasteiger partial charge in [0.05, 0.1) is 19.3 Å². The van der Waals surface area contributed by atoms with E-state index < -0.39 is 0 Å². The van der Waals surface area contributed by atoms with Crippen LogP contribution < -0.4 is 10.1 Å². The maximum absolute atomic E-state index is 5.84. The van der Waals surface area contributed by atoms with E-state index in [-0.39, 0.29) is 11.6 Å². The van der Waals surface area contributed by atoms with E-state index in [2.05, 4.69) is 38.2 Å². The summed E-state index contributed by atoms with van der Waals surface area (Å²) in [5.41, 5.74) is 1.35. The Labute approximate surface area is 109 Å². The molecule has 0 amide bonds. The first-order valence-corrected chi connectivity index (χ1v) is 6.66. The van der Waals surface area contributed by atoms with Crippen LogP contribution in [0.1, 0.15) is 26.3 Å². The van der Waals surface area contributed by atoms with E-state index >= 15 is 0 Å². The molecule has 100 valence electrons. The molecule has 3 nitrogen and oxygen atoms in total. The third-order valence-corrected chi connectivity index (χ3v) is 3.13. The Hall–Kier alpha value is -1.06. The number of morpholine rings is 1. The summed E-state index contributed by atoms with van der Waals surface area (Å²) in [5, 5.41) is 3.54. The predicted octanol–water partition coefficient (Wildman–Crippen LogP) is 2.39. The van der Waals surface area contributed by atoms with Gasteiger partial charge in [-0.1, -0.05) is 19.1 Å². The number of hydrogen-bond donors (Lipinski definition) is 1. The highest BCUT2D eigenvalue weighted by Crippen LogP contribution is 2.16. The molecule has 1 aliphatic rings. The monoisotopic (exact) mass is 249 g/mol. The fourth-order valence-electron chi connectivity index (χ4n) is 2.23. The number of ether oxygens (including phenoxy) is 2. The molecule has 0 aliphatic carbocycles. The topological polar surface area (TPSA) is 30.5 Å². The van der Waals surface area contributed by atoms with E-state index in [0.29, 0.717) is 6.61 Å². The van der Waals surface area contributed by atoms with Gasteiger partial charge in [0.2, 0.25) is 0 Å². The van der Waals surface area contributed by atoms with Crippen molar-refractivity contribution >= 4 is 0 Å². The molecule has 1 aromatic carbocycles. The molecular formula is C15H23NO2. The smallest absolute Gasteiger partial charge is 0.119 e. The first kappa shape index (κ1) is 13.4. The summed E-state index contributed by atoms with van der Waals surface area (Å²) < 4.78 is 11.4. The fraction of sp³-hybridized carbons (Fsp3) is 0.600. The Morgan fingerprint density at radius 1 is 1.44 bits per heavy atom. The van der Waals surface area contributed by atoms with Crippen molar-refractivity contribution in [2.24, 2.45) is 0 Å². The van der Waals surface area contributed by atoms with E-state index in [4.69, 9.17) is 9.47 Å². The Kier molecular flexibility index (Phi) is 4.25. The normalized spacial score (nSPS) is 22.7. The maximum Gasteiger partial charge on any atom is 0.119 e. The Balaban J connectivity index is 1.87. The van der Waals surface area contributed by atoms with Crippen molar-refractivity contribution in [2.75, 3.05) is 19.8 Å². The summed E-state index contributed by atoms with van der Waals surface area (Å²) in [6, 6.07) is 8.54. The molecule has 1 fully saturated rings. The van der Waals surface area contributed by atoms with Crippen LogP contribution in [0.15, 0.2) is 24.3 Å². The number of nitrogens with one attached hydrogen (secondary N) is 1. The largest absolute Gasteiger partial charge is 0.492 e. The van der Waals surface area contributed by atoms with Crippen LogP contribution in [-0.2, 0) is 11.2 Å². The third kappa shape index (κ3) is 3.72. The van der Waals surface area contributed by atoms with Gasteiger partial charge in [-0.25, -0.2) is 0 Å². The van der Waals surface area contributed by atoms with E-state index in [1.165, 1.54) is 5.56 Å². The third-order valence-electron chi connectivity index (χ3n) is 3.13. The van der Waals surface area contributed by atoms with Gasteiger partial charge in [0.25, 0.3) is 0 Å². The van der Waals surface area contributed by atoms with Gasteiger partial charge in [0.1, 0.15) is 12.4 Å². The lowest BCUT2D eigenvalue weighted by Gasteiger charge is -2.36. The lowest BCUT2D eigenvalue weighted by molar-refractivity contribution is 0.000942. The summed E-state index contributed by atoms with van der Waals surface area (Å²) in [6.07, 6.45) is 1.04. The SMILES string of the molecule is CCc1cccc(OCC2COCC(C)(C)N2)c1. The summed E-state index contributed by atoms with van der Waals surface area (Å²) in [7, 11) is 0. The maximum atomic E-state index is 5.84. The van der Waals surface area contributed by atoms with Crippen LogP contribution >= 0.6 is 0 Å². The van der Waals surface area contributed by atoms with Crippen LogP contribution in [0.25, 0.3) is 0 Å². The number of hydrogen-bond acceptors (Lipinski definition) is 3. The molecule has 1 aromatic rings. The van der Waals surface area contributed by atoms with Crippen LogP contribution in [0.5, 0.6) is 5.75 Å². The minimum Gasteiger partial charge on any atom is -0.492 e. The summed E-state index contributed by atoms with van der Waals surface area (Å²) in [4.78, 5) is 0. The molecule has 0 aromatic heterocycles. The molecule has 1 aliphatic heterocycles. The summed E-state index contributed by atoms with van der Waals surface area (Å²) >= 11 is 0. The molecule has 2 rings (SSSR count). The van der Waals surface area contributed by atoms with Crippen molar-refractivity contribution in [1.29, 1.82) is 0 Å². The van der Waals surface area contributed by atoms with Gasteiger partial charge in [-0.2, -0.15) is 0 Å². The van der Waals surface area contributed by atoms with Gasteiger partial charge in [0, 0.05) is 5.54 Å². The zero-order chi connectivity index (χ0) is 13.0. The van der Waals surface area contributed by atoms with Crippen molar-refractivity contribution in [3.8, 4) is 5.75 Å². The van der Waals surface area contributed by atoms with Gasteiger partial charge >= 0.3 is 0 Å². The molecule has 1 heterocycles. The second-order valence-corrected chi connectivity index (χ2v) is 5.55. The van der Waals surface area contributed by atoms with Gasteiger partial charge in [-0.3, -0.25) is 0 Å². The molecule has 3 heteroatoms. The lowest BCUT2D eigenvalue weighted by Crippen LogP contribution is -2.57. The first-order chi connectivity index (χ1) is 8.59. The van der Waals surface area contributed by atoms with Gasteiger partial charge in [-0.15, -0.1) is 0 Å². The molecule has 18 heavy (non-hydrogen) atoms. The average molecular weight is 249 g/mol. The molecule has 0 radical (unpaired) electrons. The molecule has 0 saturated carbocycles. The Morgan fingerprint density at radius 3 is 3.00 bits per heavy atom. The second-order valence-electron chi connectivity index (χ2n) is 5.55. The molecule has 0 spiro atoms. The van der Waals surface area contributed by atoms with E-state index in [1.807, 2.05) is 12.1 Å². The highest BCUT2D eigenvalue weighted by molar-refractivity contribution is 5.28. The molecular weight excluding hydrogens is 226 g/mol. The minimum absolute atomic E-state index is 0.0392. The Bertz CT molecular complexity index is 390. The molecule has 1 saturated heterocycles. The van der Waals surface area contributed by atoms with Crippen LogP contribution in [0.2, 0.25) is 0 Å². The van der Waals surface area contributed by atoms with Crippen molar-refractivity contribution in [2.45, 2.75) is 38.8 Å². The van der Waals surface area contributed by atoms with Crippen molar-refractivity contribution in [3.05, 3.63) is 29.8 Å². The van der Waals surface area contributed by atoms with Gasteiger partial charge < -0.3 is 14.8 Å². The zero-order valence-corrected chi connectivity index (χ0v) is 11.5. The van der Waals surface area contributed by atoms with Crippen molar-refractivity contribution in [1.82, 2.24) is 5.32 Å². The predicted molar refractivity (Wildman–Crippen MR) is 73.1 cm³/mol. The second kappa shape index (κ2) is 5.72. The number of rotatable bonds is 4. The molecule has 0 bridgehead atoms. The summed E-state index contributed by atoms with van der Waals surface area (Å²) in [6.45, 7) is 8.58.